The van der Waals surface area contributed by atoms with Crippen LogP contribution in [-0.2, 0) is 0 Å². The largest absolute Gasteiger partial charge is 0.497 e. The molecule has 0 radical (unpaired) electrons. The fourth-order valence-electron chi connectivity index (χ4n) is 1.20. The summed E-state index contributed by atoms with van der Waals surface area (Å²) in [5, 5.41) is 1.18. The van der Waals surface area contributed by atoms with E-state index in [9.17, 15) is 0 Å². The molecule has 0 amide bonds. The van der Waals surface area contributed by atoms with Crippen LogP contribution in [0.15, 0.2) is 28.9 Å². The number of rotatable bonds is 1. The smallest absolute Gasteiger partial charge is 0.120 e. The van der Waals surface area contributed by atoms with Gasteiger partial charge in [0.15, 0.2) is 0 Å². The molecule has 1 heterocycles. The summed E-state index contributed by atoms with van der Waals surface area (Å²) in [5.74, 6) is 0.872. The molecule has 0 saturated heterocycles. The Morgan fingerprint density at radius 3 is 2.92 bits per heavy atom. The van der Waals surface area contributed by atoms with Gasteiger partial charge in [-0.2, -0.15) is 0 Å². The monoisotopic (exact) mass is 225 g/mol. The van der Waals surface area contributed by atoms with Crippen LogP contribution in [0.5, 0.6) is 5.75 Å². The molecule has 0 aliphatic heterocycles. The van der Waals surface area contributed by atoms with Crippen LogP contribution in [0.4, 0.5) is 0 Å². The molecule has 12 heavy (non-hydrogen) atoms. The highest BCUT2D eigenvalue weighted by atomic mass is 79.9. The molecule has 1 N–H and O–H groups in total. The van der Waals surface area contributed by atoms with Crippen molar-refractivity contribution in [2.45, 2.75) is 0 Å². The zero-order valence-electron chi connectivity index (χ0n) is 6.60. The van der Waals surface area contributed by atoms with Gasteiger partial charge in [0.05, 0.1) is 11.7 Å². The molecule has 62 valence electrons. The number of methoxy groups -OCH3 is 1. The lowest BCUT2D eigenvalue weighted by molar-refractivity contribution is 0.415. The van der Waals surface area contributed by atoms with Crippen LogP contribution < -0.4 is 4.74 Å². The summed E-state index contributed by atoms with van der Waals surface area (Å²) in [4.78, 5) is 3.17. The van der Waals surface area contributed by atoms with Crippen molar-refractivity contribution in [1.29, 1.82) is 0 Å². The van der Waals surface area contributed by atoms with Crippen LogP contribution in [0.3, 0.4) is 0 Å². The molecule has 1 aromatic heterocycles. The van der Waals surface area contributed by atoms with E-state index < -0.39 is 0 Å². The van der Waals surface area contributed by atoms with Crippen LogP contribution in [0.25, 0.3) is 10.9 Å². The molecule has 2 aromatic rings. The van der Waals surface area contributed by atoms with Crippen LogP contribution in [-0.4, -0.2) is 12.1 Å². The predicted molar refractivity (Wildman–Crippen MR) is 52.6 cm³/mol. The number of fused-ring (bicyclic) bond motifs is 1. The van der Waals surface area contributed by atoms with Crippen molar-refractivity contribution in [3.8, 4) is 5.75 Å². The molecule has 0 fully saturated rings. The van der Waals surface area contributed by atoms with Gasteiger partial charge in [0.2, 0.25) is 0 Å². The Kier molecular flexibility index (Phi) is 1.81. The summed E-state index contributed by atoms with van der Waals surface area (Å²) in [5.41, 5.74) is 1.08. The highest BCUT2D eigenvalue weighted by Gasteiger charge is 1.98. The third kappa shape index (κ3) is 1.20. The molecule has 2 nitrogen and oxygen atoms in total. The Labute approximate surface area is 78.7 Å². The first kappa shape index (κ1) is 7.68. The number of aromatic nitrogens is 1. The van der Waals surface area contributed by atoms with Crippen molar-refractivity contribution < 1.29 is 4.74 Å². The molecule has 0 spiro atoms. The maximum absolute atomic E-state index is 5.10. The molecule has 0 saturated carbocycles. The predicted octanol–water partition coefficient (Wildman–Crippen LogP) is 2.94. The molecule has 0 aliphatic rings. The first-order valence-electron chi connectivity index (χ1n) is 3.62. The lowest BCUT2D eigenvalue weighted by atomic mass is 10.2. The maximum atomic E-state index is 5.10. The van der Waals surface area contributed by atoms with E-state index in [0.29, 0.717) is 0 Å². The molecular formula is C9H8BrNO. The Morgan fingerprint density at radius 1 is 1.33 bits per heavy atom. The van der Waals surface area contributed by atoms with E-state index in [1.807, 2.05) is 24.3 Å². The second-order valence-corrected chi connectivity index (χ2v) is 3.42. The number of hydrogen-bond donors (Lipinski definition) is 1. The third-order valence-electron chi connectivity index (χ3n) is 1.80. The van der Waals surface area contributed by atoms with Crippen LogP contribution >= 0.6 is 15.9 Å². The standard InChI is InChI=1S/C9H8BrNO/c1-12-7-3-2-6-4-9(10)11-8(6)5-7/h2-5,11H,1H3. The molecule has 0 aliphatic carbocycles. The lowest BCUT2D eigenvalue weighted by Gasteiger charge is -1.97. The van der Waals surface area contributed by atoms with Gasteiger partial charge in [-0.15, -0.1) is 0 Å². The van der Waals surface area contributed by atoms with Gasteiger partial charge in [0.1, 0.15) is 5.75 Å². The van der Waals surface area contributed by atoms with Crippen molar-refractivity contribution in [2.24, 2.45) is 0 Å². The number of halogens is 1. The number of ether oxygens (including phenoxy) is 1. The van der Waals surface area contributed by atoms with Gasteiger partial charge < -0.3 is 9.72 Å². The topological polar surface area (TPSA) is 25.0 Å². The Balaban J connectivity index is 2.66. The molecule has 0 unspecified atom stereocenters. The van der Waals surface area contributed by atoms with Crippen molar-refractivity contribution in [2.75, 3.05) is 7.11 Å². The maximum Gasteiger partial charge on any atom is 0.120 e. The van der Waals surface area contributed by atoms with E-state index in [-0.39, 0.29) is 0 Å². The summed E-state index contributed by atoms with van der Waals surface area (Å²) in [7, 11) is 1.67. The van der Waals surface area contributed by atoms with E-state index >= 15 is 0 Å². The van der Waals surface area contributed by atoms with Gasteiger partial charge in [0, 0.05) is 17.0 Å². The summed E-state index contributed by atoms with van der Waals surface area (Å²) < 4.78 is 6.09. The minimum absolute atomic E-state index is 0.872. The van der Waals surface area contributed by atoms with E-state index in [1.54, 1.807) is 7.11 Å². The summed E-state index contributed by atoms with van der Waals surface area (Å²) in [6.07, 6.45) is 0. The van der Waals surface area contributed by atoms with Crippen molar-refractivity contribution in [3.63, 3.8) is 0 Å². The molecule has 0 atom stereocenters. The first-order chi connectivity index (χ1) is 5.79. The quantitative estimate of drug-likeness (QED) is 0.794. The number of benzene rings is 1. The van der Waals surface area contributed by atoms with Gasteiger partial charge in [-0.05, 0) is 34.1 Å². The van der Waals surface area contributed by atoms with E-state index in [2.05, 4.69) is 20.9 Å². The Hall–Kier alpha value is -0.960. The fraction of sp³-hybridized carbons (Fsp3) is 0.111. The third-order valence-corrected chi connectivity index (χ3v) is 2.22. The van der Waals surface area contributed by atoms with Crippen LogP contribution in [0.1, 0.15) is 0 Å². The minimum atomic E-state index is 0.872. The van der Waals surface area contributed by atoms with Gasteiger partial charge >= 0.3 is 0 Å². The summed E-state index contributed by atoms with van der Waals surface area (Å²) >= 11 is 3.37. The Morgan fingerprint density at radius 2 is 2.17 bits per heavy atom. The number of aromatic amines is 1. The molecular weight excluding hydrogens is 218 g/mol. The number of hydrogen-bond acceptors (Lipinski definition) is 1. The number of nitrogens with one attached hydrogen (secondary N) is 1. The van der Waals surface area contributed by atoms with Gasteiger partial charge in [-0.1, -0.05) is 0 Å². The van der Waals surface area contributed by atoms with Crippen LogP contribution in [0, 0.1) is 0 Å². The van der Waals surface area contributed by atoms with E-state index in [4.69, 9.17) is 4.74 Å². The second kappa shape index (κ2) is 2.83. The summed E-state index contributed by atoms with van der Waals surface area (Å²) in [6.45, 7) is 0. The first-order valence-corrected chi connectivity index (χ1v) is 4.41. The van der Waals surface area contributed by atoms with Gasteiger partial charge in [-0.3, -0.25) is 0 Å². The molecule has 2 rings (SSSR count). The van der Waals surface area contributed by atoms with Gasteiger partial charge in [-0.25, -0.2) is 0 Å². The Bertz CT molecular complexity index is 408. The van der Waals surface area contributed by atoms with Gasteiger partial charge in [0.25, 0.3) is 0 Å². The highest BCUT2D eigenvalue weighted by Crippen LogP contribution is 2.23. The molecule has 3 heteroatoms. The minimum Gasteiger partial charge on any atom is -0.497 e. The average Bonchev–Trinajstić information content (AvgIpc) is 2.43. The lowest BCUT2D eigenvalue weighted by Crippen LogP contribution is -1.80. The van der Waals surface area contributed by atoms with Crippen molar-refractivity contribution in [3.05, 3.63) is 28.9 Å². The number of H-pyrrole nitrogens is 1. The van der Waals surface area contributed by atoms with E-state index in [0.717, 1.165) is 15.9 Å². The SMILES string of the molecule is COc1ccc2cc(Br)[nH]c2c1. The van der Waals surface area contributed by atoms with Crippen molar-refractivity contribution >= 4 is 26.8 Å². The second-order valence-electron chi connectivity index (χ2n) is 2.57. The normalized spacial score (nSPS) is 10.5. The highest BCUT2D eigenvalue weighted by molar-refractivity contribution is 9.10. The van der Waals surface area contributed by atoms with Crippen LogP contribution in [0.2, 0.25) is 0 Å². The average molecular weight is 226 g/mol. The fourth-order valence-corrected chi connectivity index (χ4v) is 1.66. The zero-order valence-corrected chi connectivity index (χ0v) is 8.18. The van der Waals surface area contributed by atoms with Crippen molar-refractivity contribution in [1.82, 2.24) is 4.98 Å². The summed E-state index contributed by atoms with van der Waals surface area (Å²) in [6, 6.07) is 7.98. The van der Waals surface area contributed by atoms with E-state index in [1.165, 1.54) is 5.39 Å². The molecule has 0 bridgehead atoms. The molecule has 1 aromatic carbocycles. The zero-order chi connectivity index (χ0) is 8.55.